The van der Waals surface area contributed by atoms with Gasteiger partial charge in [-0.2, -0.15) is 0 Å². The molecule has 53 nitrogen and oxygen atoms in total. The first-order valence-corrected chi connectivity index (χ1v) is 43.4. The number of nitrogens with one attached hydrogen (secondary N) is 6. The Bertz CT molecular complexity index is 7310. The fourth-order valence-electron chi connectivity index (χ4n) is 13.3. The van der Waals surface area contributed by atoms with Crippen molar-refractivity contribution in [1.29, 1.82) is 0 Å². The van der Waals surface area contributed by atoms with E-state index >= 15 is 0 Å². The van der Waals surface area contributed by atoms with Crippen molar-refractivity contribution in [2.24, 2.45) is 0 Å². The summed E-state index contributed by atoms with van der Waals surface area (Å²) in [6, 6.07) is 39.3. The molecule has 0 spiro atoms. The number of nitro groups is 6. The molecule has 0 saturated carbocycles. The van der Waals surface area contributed by atoms with Gasteiger partial charge in [-0.25, -0.2) is 24.5 Å². The first kappa shape index (κ1) is 114. The minimum absolute atomic E-state index is 0.0110. The van der Waals surface area contributed by atoms with E-state index in [2.05, 4.69) is 56.8 Å². The topological polar surface area (TPSA) is 853 Å². The van der Waals surface area contributed by atoms with Gasteiger partial charge in [-0.3, -0.25) is 104 Å². The van der Waals surface area contributed by atoms with E-state index in [0.29, 0.717) is 62.9 Å². The number of rotatable bonds is 34. The van der Waals surface area contributed by atoms with E-state index in [9.17, 15) is 165 Å². The molecule has 9 aromatic carbocycles. The Labute approximate surface area is 843 Å². The standard InChI is InChI=1S/C18H15N5O5.2C17H16N2O7.C16H14N2O7.C15H15N3O5.C14H13N3O5/c1-10-20-9-14(11-3-2-4-19-8-11)18(21-10)22-16(25)6-12-5-13(23(27)28)7-15(24)17(12)26;1-9-11(17(23)24)3-2-4-12(9)18-15(21)6-5-10-7-13(19(25)26)16(22)14(20)8-10;20-14-9-13(19(25)26)8-11(17(14)24)4-5-15(21)18-12-3-1-2-10(6-12)7-16(22)23;19-13-7-9(12(18(24)25)8-14(13)20)4-5-15(21)17-11-3-1-2-10(6-11)16(22)23;19-13-7-10(6-12(15(13)21)18(22)23)3-4-14(20)17-9-11-2-1-5-16-8-11;1-8-2-3-12(15-7-8)16-13(19)6-9-4-10(17(21)22)14(20)11(18)5-9/h2-5,7-9,24,26H,6H2,1H3,(H,20,21,22,25);2-4,7-8,20,22H,5-6H2,1H3,(H,18,21)(H,23,24);1-3,6,8-9,20,24H,4-5,7H2,(H,18,21)(H,22,23);1-3,6-8,19-20H,4-5H2,(H,17,21)(H,22,23);1-2,5-8,19,21H,3-4,9H2,(H,17,20);2-5,7,18,20H,6H2,1H3,(H,15,16,19). The largest absolute Gasteiger partial charge is 0.504 e. The molecule has 53 heteroatoms. The zero-order valence-electron chi connectivity index (χ0n) is 78.4. The Morgan fingerprint density at radius 3 is 1.35 bits per heavy atom. The van der Waals surface area contributed by atoms with Gasteiger partial charge in [0.2, 0.25) is 52.7 Å². The summed E-state index contributed by atoms with van der Waals surface area (Å²) in [4.78, 5) is 186. The Balaban J connectivity index is 0.000000219. The number of benzene rings is 9. The molecule has 0 aliphatic carbocycles. The first-order chi connectivity index (χ1) is 70.9. The number of nitrogens with zero attached hydrogens (tertiary/aromatic N) is 11. The van der Waals surface area contributed by atoms with Crippen LogP contribution in [0.15, 0.2) is 213 Å². The van der Waals surface area contributed by atoms with Gasteiger partial charge in [0, 0.05) is 145 Å². The molecule has 0 radical (unpaired) electrons. The van der Waals surface area contributed by atoms with Crippen LogP contribution < -0.4 is 31.9 Å². The van der Waals surface area contributed by atoms with E-state index in [1.165, 1.54) is 48.5 Å². The maximum absolute atomic E-state index is 12.5. The molecule has 4 heterocycles. The Hall–Kier alpha value is -21.3. The van der Waals surface area contributed by atoms with Gasteiger partial charge in [0.05, 0.1) is 78.1 Å². The molecule has 13 aromatic rings. The molecule has 0 fully saturated rings. The number of aromatic nitrogens is 5. The number of phenolic OH excluding ortho intramolecular Hbond substituents is 12. The lowest BCUT2D eigenvalue weighted by Gasteiger charge is -2.11. The molecule has 0 bridgehead atoms. The van der Waals surface area contributed by atoms with Crippen molar-refractivity contribution in [3.63, 3.8) is 0 Å². The summed E-state index contributed by atoms with van der Waals surface area (Å²) in [5, 5.41) is 222. The van der Waals surface area contributed by atoms with Gasteiger partial charge in [-0.1, -0.05) is 42.5 Å². The maximum Gasteiger partial charge on any atom is 0.336 e. The molecular weight excluding hydrogens is 1980 g/mol. The molecule has 21 N–H and O–H groups in total. The van der Waals surface area contributed by atoms with Crippen molar-refractivity contribution in [2.75, 3.05) is 26.6 Å². The number of pyridine rings is 3. The highest BCUT2D eigenvalue weighted by Gasteiger charge is 2.28. The second kappa shape index (κ2) is 53.6. The number of amides is 6. The fraction of sp³-hybridized carbons (Fsp3) is 0.155. The van der Waals surface area contributed by atoms with E-state index < -0.39 is 187 Å². The number of aromatic hydroxyl groups is 12. The summed E-state index contributed by atoms with van der Waals surface area (Å²) >= 11 is 0. The third-order valence-electron chi connectivity index (χ3n) is 20.6. The number of phenols is 12. The Morgan fingerprint density at radius 2 is 0.827 bits per heavy atom. The predicted octanol–water partition coefficient (Wildman–Crippen LogP) is 13.0. The van der Waals surface area contributed by atoms with Gasteiger partial charge in [0.25, 0.3) is 17.1 Å². The average Bonchev–Trinajstić information content (AvgIpc) is 0.827. The van der Waals surface area contributed by atoms with Crippen LogP contribution in [-0.4, -0.2) is 184 Å². The van der Waals surface area contributed by atoms with Crippen molar-refractivity contribution in [3.8, 4) is 80.1 Å². The van der Waals surface area contributed by atoms with Crippen molar-refractivity contribution in [3.05, 3.63) is 346 Å². The molecule has 0 aliphatic rings. The van der Waals surface area contributed by atoms with Crippen molar-refractivity contribution in [1.82, 2.24) is 30.2 Å². The van der Waals surface area contributed by atoms with Gasteiger partial charge < -0.3 is 108 Å². The number of aliphatic carboxylic acids is 1. The van der Waals surface area contributed by atoms with Crippen LogP contribution in [0.3, 0.4) is 0 Å². The lowest BCUT2D eigenvalue weighted by molar-refractivity contribution is -0.386. The monoisotopic (exact) mass is 2070 g/mol. The highest BCUT2D eigenvalue weighted by Crippen LogP contribution is 2.42. The molecule has 0 saturated heterocycles. The van der Waals surface area contributed by atoms with E-state index in [0.717, 1.165) is 77.9 Å². The third-order valence-corrected chi connectivity index (χ3v) is 20.6. The number of non-ortho nitro benzene ring substituents is 2. The zero-order chi connectivity index (χ0) is 111. The SMILES string of the molecule is Cc1c(NC(=O)CCc2cc(O)c(O)c([N+](=O)[O-])c2)cccc1C(=O)O.Cc1ccc(NC(=O)Cc2cc(O)c(O)c([N+](=O)[O-])c2)nc1.Cc1ncc(-c2cccnc2)c(NC(=O)Cc2cc([N+](=O)[O-])cc(O)c2O)n1.O=C(CCc1cc(O)c(O)c([N+](=O)[O-])c1)NCc1cccnc1.O=C(CCc1cc(O)c(O)cc1[N+](=O)[O-])Nc1cccc(C(=O)O)c1.O=C(O)Cc1cccc(NC(=O)CCc2cc([N+](=O)[O-])cc(O)c2O)c1. The molecule has 0 unspecified atom stereocenters. The van der Waals surface area contributed by atoms with Crippen LogP contribution in [0, 0.1) is 81.5 Å². The average molecular weight is 2070 g/mol. The summed E-state index contributed by atoms with van der Waals surface area (Å²) < 4.78 is 0. The van der Waals surface area contributed by atoms with Crippen molar-refractivity contribution >= 4 is 116 Å². The molecule has 0 atom stereocenters. The first-order valence-electron chi connectivity index (χ1n) is 43.4. The van der Waals surface area contributed by atoms with Crippen molar-refractivity contribution in [2.45, 2.75) is 97.9 Å². The van der Waals surface area contributed by atoms with E-state index in [1.54, 1.807) is 106 Å². The molecule has 6 amide bonds. The molecule has 4 aromatic heterocycles. The van der Waals surface area contributed by atoms with Crippen LogP contribution in [0.4, 0.5) is 62.8 Å². The van der Waals surface area contributed by atoms with E-state index in [1.807, 2.05) is 13.0 Å². The van der Waals surface area contributed by atoms with Crippen LogP contribution in [0.5, 0.6) is 69.0 Å². The van der Waals surface area contributed by atoms with E-state index in [-0.39, 0.29) is 115 Å². The summed E-state index contributed by atoms with van der Waals surface area (Å²) in [7, 11) is 0. The number of anilines is 5. The van der Waals surface area contributed by atoms with Gasteiger partial charge >= 0.3 is 35.0 Å². The second-order valence-electron chi connectivity index (χ2n) is 31.7. The van der Waals surface area contributed by atoms with E-state index in [4.69, 9.17) is 15.3 Å². The zero-order valence-corrected chi connectivity index (χ0v) is 78.4. The lowest BCUT2D eigenvalue weighted by Crippen LogP contribution is -2.23. The van der Waals surface area contributed by atoms with Crippen LogP contribution in [0.2, 0.25) is 0 Å². The third kappa shape index (κ3) is 34.6. The molecule has 150 heavy (non-hydrogen) atoms. The number of aryl methyl sites for hydroxylation is 6. The van der Waals surface area contributed by atoms with Gasteiger partial charge in [0.15, 0.2) is 51.7 Å². The lowest BCUT2D eigenvalue weighted by atomic mass is 10.1. The summed E-state index contributed by atoms with van der Waals surface area (Å²) in [6.07, 6.45) is 8.84. The number of carbonyl (C=O) groups excluding carboxylic acids is 6. The van der Waals surface area contributed by atoms with Gasteiger partial charge in [0.1, 0.15) is 17.5 Å². The van der Waals surface area contributed by atoms with Crippen LogP contribution in [0.1, 0.15) is 108 Å². The number of hydrogen-bond donors (Lipinski definition) is 21. The number of carbonyl (C=O) groups is 9. The molecule has 13 rings (SSSR count). The second-order valence-corrected chi connectivity index (χ2v) is 31.7. The smallest absolute Gasteiger partial charge is 0.336 e. The van der Waals surface area contributed by atoms with Crippen molar-refractivity contribution < 1.29 is 149 Å². The predicted molar refractivity (Wildman–Crippen MR) is 527 cm³/mol. The Morgan fingerprint density at radius 1 is 0.347 bits per heavy atom. The van der Waals surface area contributed by atoms with Crippen LogP contribution in [-0.2, 0) is 85.1 Å². The number of nitro benzene ring substituents is 6. The maximum atomic E-state index is 12.5. The molecule has 0 aliphatic heterocycles. The number of carboxylic acid groups (broad SMARTS) is 3. The normalized spacial score (nSPS) is 10.3. The highest BCUT2D eigenvalue weighted by molar-refractivity contribution is 5.98. The molecular formula is C97H89N17O36. The highest BCUT2D eigenvalue weighted by atomic mass is 16.7. The minimum Gasteiger partial charge on any atom is -0.504 e. The van der Waals surface area contributed by atoms with Crippen LogP contribution >= 0.6 is 0 Å². The van der Waals surface area contributed by atoms with Gasteiger partial charge in [-0.15, -0.1) is 0 Å². The molecule has 778 valence electrons. The number of carboxylic acids is 3. The quantitative estimate of drug-likeness (QED) is 0.0101. The van der Waals surface area contributed by atoms with Crippen LogP contribution in [0.25, 0.3) is 11.1 Å². The number of aromatic carboxylic acids is 2. The Kier molecular flexibility index (Phi) is 40.7. The fourth-order valence-corrected chi connectivity index (χ4v) is 13.3. The summed E-state index contributed by atoms with van der Waals surface area (Å²) in [5.74, 6) is -12.6. The summed E-state index contributed by atoms with van der Waals surface area (Å²) in [5.41, 5.74) is 2.96. The summed E-state index contributed by atoms with van der Waals surface area (Å²) in [6.45, 7) is 5.43. The van der Waals surface area contributed by atoms with Gasteiger partial charge in [-0.05, 0) is 170 Å². The minimum atomic E-state index is -1.13. The number of hydrogen-bond acceptors (Lipinski definition) is 38.